The maximum atomic E-state index is 13.2. The fourth-order valence-electron chi connectivity index (χ4n) is 4.47. The lowest BCUT2D eigenvalue weighted by Crippen LogP contribution is -2.27. The number of carbonyl (C=O) groups is 4. The number of carbonyl (C=O) groups excluding carboxylic acids is 2. The van der Waals surface area contributed by atoms with Crippen molar-refractivity contribution in [2.45, 2.75) is 27.2 Å². The number of aryl methyl sites for hydroxylation is 2. The molecule has 3 aromatic rings. The molecule has 0 saturated heterocycles. The van der Waals surface area contributed by atoms with Crippen LogP contribution in [-0.4, -0.2) is 57.6 Å². The van der Waals surface area contributed by atoms with Gasteiger partial charge in [0.1, 0.15) is 5.69 Å². The van der Waals surface area contributed by atoms with Gasteiger partial charge in [-0.3, -0.25) is 19.4 Å². The third-order valence-corrected chi connectivity index (χ3v) is 6.51. The third-order valence-electron chi connectivity index (χ3n) is 6.51. The lowest BCUT2D eigenvalue weighted by atomic mass is 9.92. The van der Waals surface area contributed by atoms with E-state index in [9.17, 15) is 19.2 Å². The Balaban J connectivity index is 1.71. The number of aliphatic imine (C=N–C) groups is 1. The molecule has 1 heterocycles. The Hall–Kier alpha value is -5.12. The maximum absolute atomic E-state index is 13.2. The van der Waals surface area contributed by atoms with Crippen molar-refractivity contribution in [3.05, 3.63) is 94.3 Å². The number of nitrogens with zero attached hydrogens (tertiary/aromatic N) is 3. The van der Waals surface area contributed by atoms with Crippen LogP contribution in [0.3, 0.4) is 0 Å². The van der Waals surface area contributed by atoms with E-state index in [4.69, 9.17) is 15.2 Å². The fraction of sp³-hybridized carbons (Fsp3) is 0.200. The van der Waals surface area contributed by atoms with Crippen LogP contribution in [0.1, 0.15) is 50.9 Å². The van der Waals surface area contributed by atoms with Gasteiger partial charge < -0.3 is 20.4 Å². The van der Waals surface area contributed by atoms with Crippen molar-refractivity contribution in [2.24, 2.45) is 4.99 Å². The molecule has 40 heavy (non-hydrogen) atoms. The van der Waals surface area contributed by atoms with Crippen molar-refractivity contribution in [3.8, 4) is 0 Å². The lowest BCUT2D eigenvalue weighted by molar-refractivity contribution is -0.136. The lowest BCUT2D eigenvalue weighted by Gasteiger charge is -2.24. The molecular formula is C30H28N4O6. The molecule has 2 aromatic carbocycles. The van der Waals surface area contributed by atoms with Crippen molar-refractivity contribution in [2.75, 3.05) is 23.3 Å². The molecule has 4 rings (SSSR count). The quantitative estimate of drug-likeness (QED) is 0.334. The Morgan fingerprint density at radius 3 is 2.30 bits per heavy atom. The molecule has 10 nitrogen and oxygen atoms in total. The number of anilines is 2. The molecule has 0 spiro atoms. The highest BCUT2D eigenvalue weighted by molar-refractivity contribution is 6.36. The van der Waals surface area contributed by atoms with Crippen molar-refractivity contribution >= 4 is 46.4 Å². The monoisotopic (exact) mass is 540 g/mol. The highest BCUT2D eigenvalue weighted by atomic mass is 16.4. The van der Waals surface area contributed by atoms with Crippen LogP contribution < -0.4 is 10.2 Å². The Labute approximate surface area is 230 Å². The third kappa shape index (κ3) is 5.96. The number of nitrogens with one attached hydrogen (secondary N) is 1. The van der Waals surface area contributed by atoms with Gasteiger partial charge in [0.15, 0.2) is 0 Å². The number of pyridine rings is 1. The van der Waals surface area contributed by atoms with Gasteiger partial charge in [-0.1, -0.05) is 0 Å². The zero-order valence-corrected chi connectivity index (χ0v) is 22.3. The minimum absolute atomic E-state index is 0.0210. The SMILES string of the molecule is CCN(CCC(=O)O)c1cc(C)c(N=C2C=C(C(=O)Nc3ccc(C(=O)O)cc3)C(=O)c3ncccc32)c(C)c1. The van der Waals surface area contributed by atoms with E-state index in [1.54, 1.807) is 12.1 Å². The molecule has 204 valence electrons. The number of carboxylic acid groups (broad SMARTS) is 2. The van der Waals surface area contributed by atoms with E-state index in [-0.39, 0.29) is 23.3 Å². The summed E-state index contributed by atoms with van der Waals surface area (Å²) in [5.41, 5.74) is 4.48. The molecule has 0 aliphatic heterocycles. The molecule has 1 amide bonds. The first-order valence-corrected chi connectivity index (χ1v) is 12.6. The summed E-state index contributed by atoms with van der Waals surface area (Å²) in [7, 11) is 0. The van der Waals surface area contributed by atoms with Crippen molar-refractivity contribution in [3.63, 3.8) is 0 Å². The molecular weight excluding hydrogens is 512 g/mol. The molecule has 1 aliphatic rings. The second-order valence-electron chi connectivity index (χ2n) is 9.27. The van der Waals surface area contributed by atoms with E-state index in [1.165, 1.54) is 36.5 Å². The van der Waals surface area contributed by atoms with Crippen LogP contribution in [0.25, 0.3) is 0 Å². The van der Waals surface area contributed by atoms with Gasteiger partial charge in [-0.25, -0.2) is 9.79 Å². The van der Waals surface area contributed by atoms with Gasteiger partial charge in [0, 0.05) is 36.2 Å². The Morgan fingerprint density at radius 2 is 1.70 bits per heavy atom. The first-order chi connectivity index (χ1) is 19.1. The number of fused-ring (bicyclic) bond motifs is 1. The van der Waals surface area contributed by atoms with Crippen LogP contribution in [0.4, 0.5) is 17.1 Å². The summed E-state index contributed by atoms with van der Waals surface area (Å²) in [6, 6.07) is 12.9. The van der Waals surface area contributed by atoms with Gasteiger partial charge in [0.05, 0.1) is 29.0 Å². The van der Waals surface area contributed by atoms with E-state index in [1.807, 2.05) is 37.8 Å². The summed E-state index contributed by atoms with van der Waals surface area (Å²) in [5, 5.41) is 20.8. The van der Waals surface area contributed by atoms with Gasteiger partial charge in [0.2, 0.25) is 5.78 Å². The summed E-state index contributed by atoms with van der Waals surface area (Å²) >= 11 is 0. The van der Waals surface area contributed by atoms with Crippen LogP contribution >= 0.6 is 0 Å². The Bertz CT molecular complexity index is 1550. The van der Waals surface area contributed by atoms with Crippen LogP contribution in [0.5, 0.6) is 0 Å². The van der Waals surface area contributed by atoms with E-state index in [0.29, 0.717) is 35.7 Å². The molecule has 0 unspecified atom stereocenters. The van der Waals surface area contributed by atoms with Crippen LogP contribution in [0.2, 0.25) is 0 Å². The summed E-state index contributed by atoms with van der Waals surface area (Å²) in [4.78, 5) is 59.6. The Morgan fingerprint density at radius 1 is 1.02 bits per heavy atom. The molecule has 10 heteroatoms. The number of carboxylic acids is 2. The molecule has 0 saturated carbocycles. The highest BCUT2D eigenvalue weighted by Crippen LogP contribution is 2.32. The number of amides is 1. The van der Waals surface area contributed by atoms with Gasteiger partial charge in [-0.2, -0.15) is 0 Å². The number of aliphatic carboxylic acids is 1. The fourth-order valence-corrected chi connectivity index (χ4v) is 4.47. The molecule has 0 bridgehead atoms. The van der Waals surface area contributed by atoms with Gasteiger partial charge in [0.25, 0.3) is 5.91 Å². The second-order valence-corrected chi connectivity index (χ2v) is 9.27. The average Bonchev–Trinajstić information content (AvgIpc) is 2.92. The minimum Gasteiger partial charge on any atom is -0.481 e. The minimum atomic E-state index is -1.09. The van der Waals surface area contributed by atoms with Crippen molar-refractivity contribution in [1.82, 2.24) is 4.98 Å². The Kier molecular flexibility index (Phi) is 8.18. The number of Topliss-reactive ketones (excluding diaryl/α,β-unsaturated/α-hetero) is 1. The summed E-state index contributed by atoms with van der Waals surface area (Å²) in [5.74, 6) is -3.17. The van der Waals surface area contributed by atoms with E-state index in [2.05, 4.69) is 10.3 Å². The van der Waals surface area contributed by atoms with E-state index < -0.39 is 23.6 Å². The number of benzene rings is 2. The number of aromatic carboxylic acids is 1. The topological polar surface area (TPSA) is 149 Å². The molecule has 0 atom stereocenters. The molecule has 0 fully saturated rings. The van der Waals surface area contributed by atoms with E-state index >= 15 is 0 Å². The highest BCUT2D eigenvalue weighted by Gasteiger charge is 2.30. The first kappa shape index (κ1) is 27.9. The molecule has 1 aliphatic carbocycles. The van der Waals surface area contributed by atoms with Crippen molar-refractivity contribution in [1.29, 1.82) is 0 Å². The molecule has 1 aromatic heterocycles. The van der Waals surface area contributed by atoms with Gasteiger partial charge in [-0.15, -0.1) is 0 Å². The largest absolute Gasteiger partial charge is 0.481 e. The van der Waals surface area contributed by atoms with Crippen LogP contribution in [0.15, 0.2) is 71.4 Å². The molecule has 0 radical (unpaired) electrons. The standard InChI is InChI=1S/C30H28N4O6/c1-4-34(13-11-25(35)36)21-14-17(2)26(18(3)15-21)33-24-16-23(28(37)27-22(24)6-5-12-31-27)29(38)32-20-9-7-19(8-10-20)30(39)40/h5-10,12,14-16H,4,11,13H2,1-3H3,(H,32,38)(H,35,36)(H,39,40). The maximum Gasteiger partial charge on any atom is 0.335 e. The zero-order valence-electron chi connectivity index (χ0n) is 22.3. The number of allylic oxidation sites excluding steroid dienone is 1. The zero-order chi connectivity index (χ0) is 29.0. The summed E-state index contributed by atoms with van der Waals surface area (Å²) in [6.07, 6.45) is 2.93. The van der Waals surface area contributed by atoms with Gasteiger partial charge >= 0.3 is 11.9 Å². The number of aromatic nitrogens is 1. The van der Waals surface area contributed by atoms with Gasteiger partial charge in [-0.05, 0) is 86.5 Å². The predicted molar refractivity (Wildman–Crippen MR) is 151 cm³/mol. The average molecular weight is 541 g/mol. The first-order valence-electron chi connectivity index (χ1n) is 12.6. The molecule has 3 N–H and O–H groups in total. The van der Waals surface area contributed by atoms with E-state index in [0.717, 1.165) is 16.8 Å². The normalized spacial score (nSPS) is 13.4. The van der Waals surface area contributed by atoms with Crippen LogP contribution in [-0.2, 0) is 9.59 Å². The predicted octanol–water partition coefficient (Wildman–Crippen LogP) is 4.58. The second kappa shape index (κ2) is 11.7. The summed E-state index contributed by atoms with van der Waals surface area (Å²) < 4.78 is 0. The number of ketones is 1. The van der Waals surface area contributed by atoms with Crippen LogP contribution in [0, 0.1) is 13.8 Å². The number of hydrogen-bond acceptors (Lipinski definition) is 7. The number of rotatable bonds is 9. The smallest absolute Gasteiger partial charge is 0.335 e. The van der Waals surface area contributed by atoms with Crippen molar-refractivity contribution < 1.29 is 29.4 Å². The summed E-state index contributed by atoms with van der Waals surface area (Å²) in [6.45, 7) is 6.78. The number of hydrogen-bond donors (Lipinski definition) is 3.